The Morgan fingerprint density at radius 2 is 2.10 bits per heavy atom. The molecule has 4 heteroatoms. The zero-order chi connectivity index (χ0) is 14.9. The van der Waals surface area contributed by atoms with Crippen LogP contribution < -0.4 is 5.32 Å². The van der Waals surface area contributed by atoms with Gasteiger partial charge in [0, 0.05) is 27.2 Å². The van der Waals surface area contributed by atoms with Crippen LogP contribution in [0.4, 0.5) is 0 Å². The fraction of sp³-hybridized carbons (Fsp3) is 0.353. The van der Waals surface area contributed by atoms with Gasteiger partial charge in [0.1, 0.15) is 5.01 Å². The van der Waals surface area contributed by atoms with Crippen LogP contribution >= 0.6 is 22.7 Å². The number of aryl methyl sites for hydroxylation is 1. The zero-order valence-electron chi connectivity index (χ0n) is 12.6. The lowest BCUT2D eigenvalue weighted by atomic mass is 10.00. The van der Waals surface area contributed by atoms with Gasteiger partial charge in [0.2, 0.25) is 0 Å². The molecule has 3 rings (SSSR count). The van der Waals surface area contributed by atoms with E-state index >= 15 is 0 Å². The molecule has 0 saturated heterocycles. The molecule has 0 radical (unpaired) electrons. The van der Waals surface area contributed by atoms with Gasteiger partial charge in [-0.25, -0.2) is 4.98 Å². The Morgan fingerprint density at radius 3 is 2.76 bits per heavy atom. The van der Waals surface area contributed by atoms with Gasteiger partial charge in [0.25, 0.3) is 0 Å². The highest BCUT2D eigenvalue weighted by atomic mass is 32.1. The second kappa shape index (κ2) is 5.87. The third kappa shape index (κ3) is 3.03. The average molecular weight is 316 g/mol. The average Bonchev–Trinajstić information content (AvgIpc) is 3.10. The maximum Gasteiger partial charge on any atom is 0.113 e. The van der Waals surface area contributed by atoms with Crippen molar-refractivity contribution in [1.29, 1.82) is 0 Å². The maximum absolute atomic E-state index is 4.67. The molecule has 0 aliphatic heterocycles. The normalized spacial score (nSPS) is 14.4. The molecule has 0 aliphatic carbocycles. The van der Waals surface area contributed by atoms with Crippen molar-refractivity contribution in [2.45, 2.75) is 39.3 Å². The fourth-order valence-electron chi connectivity index (χ4n) is 2.37. The summed E-state index contributed by atoms with van der Waals surface area (Å²) < 4.78 is 1.36. The molecule has 0 unspecified atom stereocenters. The van der Waals surface area contributed by atoms with Crippen LogP contribution in [0.3, 0.4) is 0 Å². The van der Waals surface area contributed by atoms with Crippen LogP contribution in [-0.4, -0.2) is 4.98 Å². The van der Waals surface area contributed by atoms with E-state index in [4.69, 9.17) is 0 Å². The van der Waals surface area contributed by atoms with Crippen LogP contribution in [0.25, 0.3) is 10.1 Å². The molecule has 2 nitrogen and oxygen atoms in total. The smallest absolute Gasteiger partial charge is 0.113 e. The summed E-state index contributed by atoms with van der Waals surface area (Å²) in [6.07, 6.45) is 1.03. The lowest BCUT2D eigenvalue weighted by molar-refractivity contribution is 0.350. The van der Waals surface area contributed by atoms with E-state index in [2.05, 4.69) is 66.8 Å². The summed E-state index contributed by atoms with van der Waals surface area (Å²) in [4.78, 5) is 6.05. The first-order valence-electron chi connectivity index (χ1n) is 7.26. The van der Waals surface area contributed by atoms with E-state index in [1.807, 2.05) is 11.3 Å². The molecular weight excluding hydrogens is 296 g/mol. The van der Waals surface area contributed by atoms with Crippen molar-refractivity contribution in [3.63, 3.8) is 0 Å². The highest BCUT2D eigenvalue weighted by Crippen LogP contribution is 2.30. The summed E-state index contributed by atoms with van der Waals surface area (Å²) in [6, 6.07) is 10.9. The van der Waals surface area contributed by atoms with Crippen LogP contribution in [0.15, 0.2) is 35.7 Å². The zero-order valence-corrected chi connectivity index (χ0v) is 14.3. The molecule has 0 aliphatic rings. The third-order valence-electron chi connectivity index (χ3n) is 3.93. The Balaban J connectivity index is 1.78. The number of thiophene rings is 1. The highest BCUT2D eigenvalue weighted by Gasteiger charge is 2.27. The van der Waals surface area contributed by atoms with Crippen molar-refractivity contribution in [2.24, 2.45) is 0 Å². The van der Waals surface area contributed by atoms with Gasteiger partial charge in [-0.3, -0.25) is 0 Å². The first-order chi connectivity index (χ1) is 10.1. The Labute approximate surface area is 133 Å². The molecule has 0 spiro atoms. The third-order valence-corrected chi connectivity index (χ3v) is 6.27. The molecule has 1 N–H and O–H groups in total. The summed E-state index contributed by atoms with van der Waals surface area (Å²) in [5.41, 5.74) is 1.06. The molecule has 0 amide bonds. The molecule has 0 fully saturated rings. The lowest BCUT2D eigenvalue weighted by Crippen LogP contribution is -2.38. The number of nitrogens with one attached hydrogen (secondary N) is 1. The molecule has 3 aromatic rings. The summed E-state index contributed by atoms with van der Waals surface area (Å²) in [7, 11) is 0. The van der Waals surface area contributed by atoms with Crippen molar-refractivity contribution in [3.8, 4) is 0 Å². The second-order valence-corrected chi connectivity index (χ2v) is 7.61. The summed E-state index contributed by atoms with van der Waals surface area (Å²) in [6.45, 7) is 7.41. The monoisotopic (exact) mass is 316 g/mol. The molecule has 2 aromatic heterocycles. The SMILES string of the molecule is CC[C@@](C)(NCc1cc2ccccc2s1)c1nc(C)cs1. The number of fused-ring (bicyclic) bond motifs is 1. The maximum atomic E-state index is 4.67. The number of rotatable bonds is 5. The second-order valence-electron chi connectivity index (χ2n) is 5.58. The molecule has 0 saturated carbocycles. The number of hydrogen-bond donors (Lipinski definition) is 1. The fourth-order valence-corrected chi connectivity index (χ4v) is 4.38. The van der Waals surface area contributed by atoms with Gasteiger partial charge >= 0.3 is 0 Å². The minimum Gasteiger partial charge on any atom is -0.301 e. The van der Waals surface area contributed by atoms with Crippen molar-refractivity contribution in [3.05, 3.63) is 51.3 Å². The van der Waals surface area contributed by atoms with Crippen molar-refractivity contribution in [2.75, 3.05) is 0 Å². The summed E-state index contributed by atoms with van der Waals surface area (Å²) >= 11 is 3.62. The van der Waals surface area contributed by atoms with E-state index in [-0.39, 0.29) is 5.54 Å². The number of aromatic nitrogens is 1. The number of thiazole rings is 1. The van der Waals surface area contributed by atoms with Crippen LogP contribution in [0.2, 0.25) is 0 Å². The molecule has 21 heavy (non-hydrogen) atoms. The Hall–Kier alpha value is -1.23. The predicted molar refractivity (Wildman–Crippen MR) is 93.2 cm³/mol. The molecule has 0 bridgehead atoms. The Morgan fingerprint density at radius 1 is 1.29 bits per heavy atom. The van der Waals surface area contributed by atoms with E-state index < -0.39 is 0 Å². The minimum atomic E-state index is -0.0465. The summed E-state index contributed by atoms with van der Waals surface area (Å²) in [5, 5.41) is 8.36. The first kappa shape index (κ1) is 14.7. The predicted octanol–water partition coefficient (Wildman–Crippen LogP) is 5.08. The van der Waals surface area contributed by atoms with Crippen LogP contribution in [-0.2, 0) is 12.1 Å². The van der Waals surface area contributed by atoms with Crippen LogP contribution in [0, 0.1) is 6.92 Å². The number of benzene rings is 1. The number of hydrogen-bond acceptors (Lipinski definition) is 4. The van der Waals surface area contributed by atoms with Crippen molar-refractivity contribution >= 4 is 32.8 Å². The van der Waals surface area contributed by atoms with E-state index in [9.17, 15) is 0 Å². The first-order valence-corrected chi connectivity index (χ1v) is 8.95. The van der Waals surface area contributed by atoms with E-state index in [0.29, 0.717) is 0 Å². The summed E-state index contributed by atoms with van der Waals surface area (Å²) in [5.74, 6) is 0. The molecule has 1 aromatic carbocycles. The largest absolute Gasteiger partial charge is 0.301 e. The van der Waals surface area contributed by atoms with Crippen LogP contribution in [0.1, 0.15) is 35.8 Å². The van der Waals surface area contributed by atoms with Gasteiger partial charge in [0.15, 0.2) is 0 Å². The topological polar surface area (TPSA) is 24.9 Å². The Bertz CT molecular complexity index is 711. The van der Waals surface area contributed by atoms with E-state index in [1.54, 1.807) is 11.3 Å². The molecule has 2 heterocycles. The lowest BCUT2D eigenvalue weighted by Gasteiger charge is -2.27. The quantitative estimate of drug-likeness (QED) is 0.710. The highest BCUT2D eigenvalue weighted by molar-refractivity contribution is 7.19. The molecule has 1 atom stereocenters. The van der Waals surface area contributed by atoms with E-state index in [1.165, 1.54) is 20.0 Å². The van der Waals surface area contributed by atoms with Gasteiger partial charge in [-0.2, -0.15) is 0 Å². The van der Waals surface area contributed by atoms with Gasteiger partial charge in [-0.05, 0) is 37.8 Å². The van der Waals surface area contributed by atoms with Gasteiger partial charge in [0.05, 0.1) is 5.54 Å². The molecule has 110 valence electrons. The van der Waals surface area contributed by atoms with E-state index in [0.717, 1.165) is 18.7 Å². The molecular formula is C17H20N2S2. The van der Waals surface area contributed by atoms with Gasteiger partial charge in [-0.15, -0.1) is 22.7 Å². The van der Waals surface area contributed by atoms with Gasteiger partial charge in [-0.1, -0.05) is 25.1 Å². The van der Waals surface area contributed by atoms with Crippen molar-refractivity contribution < 1.29 is 0 Å². The van der Waals surface area contributed by atoms with Crippen LogP contribution in [0.5, 0.6) is 0 Å². The Kier molecular flexibility index (Phi) is 4.11. The van der Waals surface area contributed by atoms with Crippen molar-refractivity contribution in [1.82, 2.24) is 10.3 Å². The minimum absolute atomic E-state index is 0.0465. The number of nitrogens with zero attached hydrogens (tertiary/aromatic N) is 1. The standard InChI is InChI=1S/C17H20N2S2/c1-4-17(3,16-19-12(2)11-20-16)18-10-14-9-13-7-5-6-8-15(13)21-14/h5-9,11,18H,4,10H2,1-3H3/t17-/m1/s1. The van der Waals surface area contributed by atoms with Gasteiger partial charge < -0.3 is 5.32 Å².